The maximum Gasteiger partial charge on any atom is 0.326 e. The number of carboxylic acid groups (broad SMARTS) is 1. The van der Waals surface area contributed by atoms with Gasteiger partial charge in [0.15, 0.2) is 0 Å². The second-order valence-electron chi connectivity index (χ2n) is 4.79. The molecule has 0 aromatic heterocycles. The highest BCUT2D eigenvalue weighted by Crippen LogP contribution is 2.12. The number of amides is 2. The van der Waals surface area contributed by atoms with Crippen LogP contribution in [-0.4, -0.2) is 28.9 Å². The van der Waals surface area contributed by atoms with E-state index in [1.54, 1.807) is 12.1 Å². The summed E-state index contributed by atoms with van der Waals surface area (Å²) in [5.41, 5.74) is 12.4. The number of hydrogen-bond donors (Lipinski definition) is 4. The Kier molecular flexibility index (Phi) is 5.86. The third-order valence-electron chi connectivity index (χ3n) is 3.01. The SMILES string of the molecule is Cc1ccc(C(N)C(=O)N[C@@H](CCC(N)=O)C(=O)O)cc1. The highest BCUT2D eigenvalue weighted by atomic mass is 16.4. The third kappa shape index (κ3) is 5.23. The lowest BCUT2D eigenvalue weighted by Crippen LogP contribution is -2.45. The van der Waals surface area contributed by atoms with Crippen LogP contribution in [0.5, 0.6) is 0 Å². The van der Waals surface area contributed by atoms with E-state index in [0.717, 1.165) is 5.56 Å². The van der Waals surface area contributed by atoms with Gasteiger partial charge in [0.2, 0.25) is 11.8 Å². The molecular weight excluding hydrogens is 274 g/mol. The first-order chi connectivity index (χ1) is 9.81. The minimum Gasteiger partial charge on any atom is -0.480 e. The monoisotopic (exact) mass is 293 g/mol. The molecule has 114 valence electrons. The topological polar surface area (TPSA) is 136 Å². The van der Waals surface area contributed by atoms with Gasteiger partial charge in [-0.2, -0.15) is 0 Å². The average Bonchev–Trinajstić information content (AvgIpc) is 2.42. The maximum atomic E-state index is 12.0. The fourth-order valence-electron chi connectivity index (χ4n) is 1.73. The van der Waals surface area contributed by atoms with E-state index >= 15 is 0 Å². The van der Waals surface area contributed by atoms with Crippen LogP contribution in [0.2, 0.25) is 0 Å². The zero-order valence-electron chi connectivity index (χ0n) is 11.7. The first-order valence-corrected chi connectivity index (χ1v) is 6.45. The molecule has 0 heterocycles. The fraction of sp³-hybridized carbons (Fsp3) is 0.357. The van der Waals surface area contributed by atoms with Gasteiger partial charge in [-0.25, -0.2) is 4.79 Å². The lowest BCUT2D eigenvalue weighted by molar-refractivity contribution is -0.142. The standard InChI is InChI=1S/C14H19N3O4/c1-8-2-4-9(5-3-8)12(16)13(19)17-10(14(20)21)6-7-11(15)18/h2-5,10,12H,6-7,16H2,1H3,(H2,15,18)(H,17,19)(H,20,21)/t10-,12?/m0/s1. The lowest BCUT2D eigenvalue weighted by Gasteiger charge is -2.17. The summed E-state index contributed by atoms with van der Waals surface area (Å²) in [6.07, 6.45) is -0.200. The van der Waals surface area contributed by atoms with Crippen molar-refractivity contribution in [2.75, 3.05) is 0 Å². The van der Waals surface area contributed by atoms with Crippen LogP contribution in [0.4, 0.5) is 0 Å². The Morgan fingerprint density at radius 3 is 2.29 bits per heavy atom. The van der Waals surface area contributed by atoms with Crippen LogP contribution < -0.4 is 16.8 Å². The highest BCUT2D eigenvalue weighted by molar-refractivity contribution is 5.88. The highest BCUT2D eigenvalue weighted by Gasteiger charge is 2.24. The van der Waals surface area contributed by atoms with Crippen LogP contribution in [0, 0.1) is 6.92 Å². The van der Waals surface area contributed by atoms with Crippen molar-refractivity contribution in [1.82, 2.24) is 5.32 Å². The van der Waals surface area contributed by atoms with Crippen LogP contribution in [0.1, 0.15) is 30.0 Å². The molecule has 2 amide bonds. The first kappa shape index (κ1) is 16.6. The smallest absolute Gasteiger partial charge is 0.326 e. The minimum atomic E-state index is -1.24. The van der Waals surface area contributed by atoms with Crippen LogP contribution in [0.25, 0.3) is 0 Å². The van der Waals surface area contributed by atoms with Gasteiger partial charge in [-0.3, -0.25) is 9.59 Å². The first-order valence-electron chi connectivity index (χ1n) is 6.45. The molecule has 0 saturated carbocycles. The van der Waals surface area contributed by atoms with Crippen molar-refractivity contribution >= 4 is 17.8 Å². The molecule has 1 aromatic carbocycles. The number of hydrogen-bond acceptors (Lipinski definition) is 4. The molecule has 0 fully saturated rings. The lowest BCUT2D eigenvalue weighted by atomic mass is 10.0. The molecule has 1 rings (SSSR count). The Hall–Kier alpha value is -2.41. The number of aryl methyl sites for hydroxylation is 1. The number of carboxylic acids is 1. The predicted octanol–water partition coefficient (Wildman–Crippen LogP) is -0.170. The summed E-state index contributed by atoms with van der Waals surface area (Å²) < 4.78 is 0. The van der Waals surface area contributed by atoms with Gasteiger partial charge >= 0.3 is 5.97 Å². The summed E-state index contributed by atoms with van der Waals surface area (Å²) in [6, 6.07) is 4.87. The van der Waals surface area contributed by atoms with Crippen molar-refractivity contribution in [3.63, 3.8) is 0 Å². The number of aliphatic carboxylic acids is 1. The van der Waals surface area contributed by atoms with Crippen LogP contribution in [-0.2, 0) is 14.4 Å². The molecule has 21 heavy (non-hydrogen) atoms. The molecular formula is C14H19N3O4. The molecule has 0 bridgehead atoms. The quantitative estimate of drug-likeness (QED) is 0.553. The zero-order chi connectivity index (χ0) is 16.0. The van der Waals surface area contributed by atoms with E-state index in [9.17, 15) is 14.4 Å². The van der Waals surface area contributed by atoms with Crippen molar-refractivity contribution in [3.8, 4) is 0 Å². The van der Waals surface area contributed by atoms with Crippen molar-refractivity contribution in [3.05, 3.63) is 35.4 Å². The van der Waals surface area contributed by atoms with Crippen molar-refractivity contribution in [2.24, 2.45) is 11.5 Å². The fourth-order valence-corrected chi connectivity index (χ4v) is 1.73. The number of benzene rings is 1. The molecule has 0 saturated heterocycles. The summed E-state index contributed by atoms with van der Waals surface area (Å²) in [5, 5.41) is 11.3. The van der Waals surface area contributed by atoms with E-state index in [0.29, 0.717) is 5.56 Å². The number of nitrogens with two attached hydrogens (primary N) is 2. The third-order valence-corrected chi connectivity index (χ3v) is 3.01. The van der Waals surface area contributed by atoms with Crippen LogP contribution in [0.3, 0.4) is 0 Å². The zero-order valence-corrected chi connectivity index (χ0v) is 11.7. The van der Waals surface area contributed by atoms with E-state index in [1.807, 2.05) is 19.1 Å². The number of nitrogens with one attached hydrogen (secondary N) is 1. The van der Waals surface area contributed by atoms with E-state index in [4.69, 9.17) is 16.6 Å². The number of carbonyl (C=O) groups excluding carboxylic acids is 2. The summed E-state index contributed by atoms with van der Waals surface area (Å²) in [5.74, 6) is -2.48. The van der Waals surface area contributed by atoms with Crippen LogP contribution >= 0.6 is 0 Å². The Labute approximate surface area is 122 Å². The summed E-state index contributed by atoms with van der Waals surface area (Å²) in [6.45, 7) is 1.90. The molecule has 0 aliphatic carbocycles. The summed E-state index contributed by atoms with van der Waals surface area (Å²) >= 11 is 0. The Morgan fingerprint density at radius 2 is 1.81 bits per heavy atom. The van der Waals surface area contributed by atoms with Crippen LogP contribution in [0.15, 0.2) is 24.3 Å². The molecule has 0 radical (unpaired) electrons. The van der Waals surface area contributed by atoms with Gasteiger partial charge in [-0.1, -0.05) is 29.8 Å². The maximum absolute atomic E-state index is 12.0. The second-order valence-corrected chi connectivity index (χ2v) is 4.79. The largest absolute Gasteiger partial charge is 0.480 e. The second kappa shape index (κ2) is 7.39. The molecule has 7 nitrogen and oxygen atoms in total. The minimum absolute atomic E-state index is 0.0724. The van der Waals surface area contributed by atoms with E-state index < -0.39 is 29.9 Å². The van der Waals surface area contributed by atoms with E-state index in [1.165, 1.54) is 0 Å². The molecule has 2 atom stereocenters. The van der Waals surface area contributed by atoms with Gasteiger partial charge in [0, 0.05) is 6.42 Å². The Balaban J connectivity index is 2.70. The molecule has 0 aliphatic rings. The average molecular weight is 293 g/mol. The molecule has 6 N–H and O–H groups in total. The molecule has 1 unspecified atom stereocenters. The van der Waals surface area contributed by atoms with Crippen molar-refractivity contribution in [1.29, 1.82) is 0 Å². The number of rotatable bonds is 7. The number of carbonyl (C=O) groups is 3. The van der Waals surface area contributed by atoms with Gasteiger partial charge in [0.05, 0.1) is 0 Å². The van der Waals surface area contributed by atoms with E-state index in [2.05, 4.69) is 5.32 Å². The van der Waals surface area contributed by atoms with Gasteiger partial charge in [-0.15, -0.1) is 0 Å². The van der Waals surface area contributed by atoms with Gasteiger partial charge in [0.1, 0.15) is 12.1 Å². The summed E-state index contributed by atoms with van der Waals surface area (Å²) in [4.78, 5) is 33.7. The molecule has 0 aliphatic heterocycles. The normalized spacial score (nSPS) is 13.2. The Bertz CT molecular complexity index is 528. The Morgan fingerprint density at radius 1 is 1.24 bits per heavy atom. The van der Waals surface area contributed by atoms with Gasteiger partial charge < -0.3 is 21.9 Å². The van der Waals surface area contributed by atoms with Crippen molar-refractivity contribution < 1.29 is 19.5 Å². The van der Waals surface area contributed by atoms with E-state index in [-0.39, 0.29) is 12.8 Å². The van der Waals surface area contributed by atoms with Gasteiger partial charge in [0.25, 0.3) is 0 Å². The molecule has 7 heteroatoms. The predicted molar refractivity (Wildman–Crippen MR) is 76.1 cm³/mol. The van der Waals surface area contributed by atoms with Crippen molar-refractivity contribution in [2.45, 2.75) is 31.8 Å². The summed E-state index contributed by atoms with van der Waals surface area (Å²) in [7, 11) is 0. The molecule has 1 aromatic rings. The molecule has 0 spiro atoms. The number of primary amides is 1. The van der Waals surface area contributed by atoms with Gasteiger partial charge in [-0.05, 0) is 18.9 Å².